The number of nitrogens with one attached hydrogen (secondary N) is 1. The van der Waals surface area contributed by atoms with Gasteiger partial charge in [-0.3, -0.25) is 9.69 Å². The highest BCUT2D eigenvalue weighted by Gasteiger charge is 2.17. The summed E-state index contributed by atoms with van der Waals surface area (Å²) >= 11 is 0. The van der Waals surface area contributed by atoms with Crippen LogP contribution >= 0.6 is 0 Å². The molecule has 0 bridgehead atoms. The molecule has 1 amide bonds. The third-order valence-electron chi connectivity index (χ3n) is 5.42. The molecule has 3 aromatic rings. The summed E-state index contributed by atoms with van der Waals surface area (Å²) in [6, 6.07) is 14.1. The van der Waals surface area contributed by atoms with E-state index in [2.05, 4.69) is 32.3 Å². The highest BCUT2D eigenvalue weighted by molar-refractivity contribution is 5.91. The molecule has 6 heteroatoms. The number of aryl methyl sites for hydroxylation is 1. The summed E-state index contributed by atoms with van der Waals surface area (Å²) in [5.41, 5.74) is 5.62. The van der Waals surface area contributed by atoms with Gasteiger partial charge in [-0.25, -0.2) is 9.97 Å². The number of carbonyl (C=O) groups excluding carboxylic acids is 1. The average Bonchev–Trinajstić information content (AvgIpc) is 2.78. The molecule has 1 N–H and O–H groups in total. The fourth-order valence-electron chi connectivity index (χ4n) is 3.88. The van der Waals surface area contributed by atoms with Crippen LogP contribution in [-0.2, 0) is 30.7 Å². The third kappa shape index (κ3) is 5.02. The van der Waals surface area contributed by atoms with Crippen molar-refractivity contribution in [3.8, 4) is 5.75 Å². The zero-order chi connectivity index (χ0) is 20.8. The maximum absolute atomic E-state index is 12.5. The fraction of sp³-hybridized carbons (Fsp3) is 0.292. The summed E-state index contributed by atoms with van der Waals surface area (Å²) in [6.07, 6.45) is 7.34. The number of benzene rings is 2. The van der Waals surface area contributed by atoms with Gasteiger partial charge in [-0.1, -0.05) is 24.3 Å². The predicted molar refractivity (Wildman–Crippen MR) is 116 cm³/mol. The maximum atomic E-state index is 12.5. The summed E-state index contributed by atoms with van der Waals surface area (Å²) in [6.45, 7) is 2.69. The van der Waals surface area contributed by atoms with E-state index in [1.807, 2.05) is 42.7 Å². The van der Waals surface area contributed by atoms with Crippen molar-refractivity contribution in [2.75, 3.05) is 19.0 Å². The zero-order valence-electron chi connectivity index (χ0n) is 17.2. The van der Waals surface area contributed by atoms with Crippen LogP contribution < -0.4 is 10.1 Å². The van der Waals surface area contributed by atoms with E-state index < -0.39 is 0 Å². The molecular formula is C24H26N4O2. The Balaban J connectivity index is 1.35. The van der Waals surface area contributed by atoms with Gasteiger partial charge >= 0.3 is 0 Å². The molecule has 2 aromatic carbocycles. The topological polar surface area (TPSA) is 67.3 Å². The van der Waals surface area contributed by atoms with Crippen molar-refractivity contribution in [3.05, 3.63) is 83.4 Å². The molecule has 0 radical (unpaired) electrons. The number of aromatic nitrogens is 2. The first-order valence-electron chi connectivity index (χ1n) is 10.2. The molecule has 1 aliphatic rings. The Morgan fingerprint density at radius 2 is 1.97 bits per heavy atom. The van der Waals surface area contributed by atoms with Crippen molar-refractivity contribution in [1.29, 1.82) is 0 Å². The van der Waals surface area contributed by atoms with E-state index in [1.165, 1.54) is 11.1 Å². The van der Waals surface area contributed by atoms with Crippen molar-refractivity contribution in [2.24, 2.45) is 0 Å². The molecule has 1 aromatic heterocycles. The normalized spacial score (nSPS) is 13.5. The van der Waals surface area contributed by atoms with E-state index in [0.717, 1.165) is 48.6 Å². The summed E-state index contributed by atoms with van der Waals surface area (Å²) in [5, 5.41) is 3.05. The van der Waals surface area contributed by atoms with Gasteiger partial charge in [0.15, 0.2) is 0 Å². The minimum Gasteiger partial charge on any atom is -0.496 e. The number of rotatable bonds is 7. The number of para-hydroxylation sites is 1. The molecule has 1 aliphatic heterocycles. The van der Waals surface area contributed by atoms with Crippen LogP contribution in [0.15, 0.2) is 61.2 Å². The van der Waals surface area contributed by atoms with Crippen molar-refractivity contribution >= 4 is 11.6 Å². The van der Waals surface area contributed by atoms with Gasteiger partial charge in [0.2, 0.25) is 5.91 Å². The Kier molecular flexibility index (Phi) is 6.35. The van der Waals surface area contributed by atoms with Crippen LogP contribution in [0.2, 0.25) is 0 Å². The number of amides is 1. The first kappa shape index (κ1) is 20.0. The monoisotopic (exact) mass is 402 g/mol. The lowest BCUT2D eigenvalue weighted by Crippen LogP contribution is -2.30. The minimum absolute atomic E-state index is 0.00922. The molecule has 0 spiro atoms. The average molecular weight is 402 g/mol. The number of methoxy groups -OCH3 is 1. The number of hydrogen-bond donors (Lipinski definition) is 1. The Labute approximate surface area is 176 Å². The summed E-state index contributed by atoms with van der Waals surface area (Å²) in [5.74, 6) is 0.831. The lowest BCUT2D eigenvalue weighted by Gasteiger charge is -2.29. The molecule has 2 heterocycles. The van der Waals surface area contributed by atoms with Gasteiger partial charge in [-0.05, 0) is 47.7 Å². The Bertz CT molecular complexity index is 1010. The summed E-state index contributed by atoms with van der Waals surface area (Å²) < 4.78 is 5.37. The van der Waals surface area contributed by atoms with Gasteiger partial charge in [-0.15, -0.1) is 0 Å². The van der Waals surface area contributed by atoms with Crippen molar-refractivity contribution in [1.82, 2.24) is 14.9 Å². The maximum Gasteiger partial charge on any atom is 0.224 e. The van der Waals surface area contributed by atoms with E-state index in [1.54, 1.807) is 13.4 Å². The lowest BCUT2D eigenvalue weighted by molar-refractivity contribution is -0.116. The highest BCUT2D eigenvalue weighted by atomic mass is 16.5. The van der Waals surface area contributed by atoms with Crippen LogP contribution in [-0.4, -0.2) is 34.4 Å². The van der Waals surface area contributed by atoms with Crippen LogP contribution in [0.5, 0.6) is 5.75 Å². The molecule has 6 nitrogen and oxygen atoms in total. The van der Waals surface area contributed by atoms with Gasteiger partial charge in [-0.2, -0.15) is 0 Å². The minimum atomic E-state index is 0.00922. The van der Waals surface area contributed by atoms with Gasteiger partial charge in [0, 0.05) is 49.7 Å². The largest absolute Gasteiger partial charge is 0.496 e. The van der Waals surface area contributed by atoms with E-state index in [-0.39, 0.29) is 5.91 Å². The molecule has 154 valence electrons. The summed E-state index contributed by atoms with van der Waals surface area (Å²) in [7, 11) is 1.65. The molecule has 0 atom stereocenters. The highest BCUT2D eigenvalue weighted by Crippen LogP contribution is 2.24. The second kappa shape index (κ2) is 9.50. The standard InChI is InChI=1S/C24H26N4O2/c1-30-23-5-3-2-4-20(23)7-9-24(29)27-22-8-6-19-10-11-28(16-21(19)12-22)15-18-13-25-17-26-14-18/h2-6,8,12-14,17H,7,9-11,15-16H2,1H3,(H,27,29). The number of fused-ring (bicyclic) bond motifs is 1. The van der Waals surface area contributed by atoms with Crippen LogP contribution in [0.4, 0.5) is 5.69 Å². The first-order chi connectivity index (χ1) is 14.7. The van der Waals surface area contributed by atoms with Gasteiger partial charge < -0.3 is 10.1 Å². The van der Waals surface area contributed by atoms with E-state index >= 15 is 0 Å². The Morgan fingerprint density at radius 1 is 1.13 bits per heavy atom. The second-order valence-electron chi connectivity index (χ2n) is 7.55. The van der Waals surface area contributed by atoms with E-state index in [4.69, 9.17) is 4.74 Å². The van der Waals surface area contributed by atoms with Crippen LogP contribution in [0.25, 0.3) is 0 Å². The molecule has 0 aliphatic carbocycles. The Morgan fingerprint density at radius 3 is 2.80 bits per heavy atom. The van der Waals surface area contributed by atoms with Gasteiger partial charge in [0.05, 0.1) is 7.11 Å². The predicted octanol–water partition coefficient (Wildman–Crippen LogP) is 3.61. The molecule has 0 saturated heterocycles. The van der Waals surface area contributed by atoms with Gasteiger partial charge in [0.1, 0.15) is 12.1 Å². The smallest absolute Gasteiger partial charge is 0.224 e. The van der Waals surface area contributed by atoms with Crippen molar-refractivity contribution in [3.63, 3.8) is 0 Å². The molecule has 0 saturated carbocycles. The van der Waals surface area contributed by atoms with Crippen LogP contribution in [0, 0.1) is 0 Å². The first-order valence-corrected chi connectivity index (χ1v) is 10.2. The molecule has 30 heavy (non-hydrogen) atoms. The fourth-order valence-corrected chi connectivity index (χ4v) is 3.88. The number of ether oxygens (including phenoxy) is 1. The van der Waals surface area contributed by atoms with Crippen LogP contribution in [0.3, 0.4) is 0 Å². The molecule has 0 unspecified atom stereocenters. The molecule has 4 rings (SSSR count). The molecule has 0 fully saturated rings. The van der Waals surface area contributed by atoms with Crippen molar-refractivity contribution in [2.45, 2.75) is 32.4 Å². The van der Waals surface area contributed by atoms with E-state index in [0.29, 0.717) is 12.8 Å². The number of anilines is 1. The quantitative estimate of drug-likeness (QED) is 0.654. The van der Waals surface area contributed by atoms with Gasteiger partial charge in [0.25, 0.3) is 0 Å². The lowest BCUT2D eigenvalue weighted by atomic mass is 9.98. The second-order valence-corrected chi connectivity index (χ2v) is 7.55. The molecular weight excluding hydrogens is 376 g/mol. The zero-order valence-corrected chi connectivity index (χ0v) is 17.2. The number of carbonyl (C=O) groups is 1. The SMILES string of the molecule is COc1ccccc1CCC(=O)Nc1ccc2c(c1)CN(Cc1cncnc1)CC2. The summed E-state index contributed by atoms with van der Waals surface area (Å²) in [4.78, 5) is 23.1. The number of hydrogen-bond acceptors (Lipinski definition) is 5. The van der Waals surface area contributed by atoms with Crippen LogP contribution in [0.1, 0.15) is 28.7 Å². The van der Waals surface area contributed by atoms with Crippen molar-refractivity contribution < 1.29 is 9.53 Å². The third-order valence-corrected chi connectivity index (χ3v) is 5.42. The Hall–Kier alpha value is -3.25. The number of nitrogens with zero attached hydrogens (tertiary/aromatic N) is 3. The van der Waals surface area contributed by atoms with E-state index in [9.17, 15) is 4.79 Å².